The number of hydrogen-bond acceptors (Lipinski definition) is 10. The molecule has 264 valence electrons. The normalized spacial score (nSPS) is 19.1. The van der Waals surface area contributed by atoms with E-state index < -0.39 is 24.1 Å². The fraction of sp³-hybridized carbons (Fsp3) is 0.559. The van der Waals surface area contributed by atoms with Crippen LogP contribution in [-0.2, 0) is 41.6 Å². The number of carbonyl (C=O) groups excluding carboxylic acids is 1. The van der Waals surface area contributed by atoms with Crippen LogP contribution in [0.1, 0.15) is 36.8 Å². The highest BCUT2D eigenvalue weighted by molar-refractivity contribution is 5.83. The number of aliphatic hydroxyl groups is 2. The van der Waals surface area contributed by atoms with E-state index in [9.17, 15) is 18.8 Å². The van der Waals surface area contributed by atoms with Gasteiger partial charge in [-0.3, -0.25) is 4.79 Å². The van der Waals surface area contributed by atoms with E-state index >= 15 is 0 Å². The molecule has 48 heavy (non-hydrogen) atoms. The smallest absolute Gasteiger partial charge is 0.335 e. The van der Waals surface area contributed by atoms with Crippen molar-refractivity contribution in [2.24, 2.45) is 0 Å². The molecule has 3 aliphatic heterocycles. The average molecular weight is 676 g/mol. The molecule has 3 aliphatic rings. The fourth-order valence-electron chi connectivity index (χ4n) is 5.85. The summed E-state index contributed by atoms with van der Waals surface area (Å²) in [5.74, 6) is -3.67. The third-order valence-electron chi connectivity index (χ3n) is 8.63. The average Bonchev–Trinajstić information content (AvgIpc) is 3.11. The number of likely N-dealkylation sites (tertiary alicyclic amines) is 1. The Morgan fingerprint density at radius 3 is 1.94 bits per heavy atom. The van der Waals surface area contributed by atoms with Gasteiger partial charge in [-0.05, 0) is 54.7 Å². The molecule has 3 saturated heterocycles. The Kier molecular flexibility index (Phi) is 14.5. The summed E-state index contributed by atoms with van der Waals surface area (Å²) in [6, 6.07) is 15.0. The molecule has 13 nitrogen and oxygen atoms in total. The maximum absolute atomic E-state index is 13.7. The highest BCUT2D eigenvalue weighted by atomic mass is 19.1. The van der Waals surface area contributed by atoms with E-state index in [0.717, 1.165) is 96.0 Å². The minimum Gasteiger partial charge on any atom is -0.479 e. The molecule has 0 unspecified atom stereocenters. The number of aliphatic hydroxyl groups excluding tert-OH is 2. The molecule has 2 aromatic rings. The third kappa shape index (κ3) is 11.5. The lowest BCUT2D eigenvalue weighted by molar-refractivity contribution is -0.183. The van der Waals surface area contributed by atoms with Gasteiger partial charge in [0, 0.05) is 57.4 Å². The molecule has 0 spiro atoms. The van der Waals surface area contributed by atoms with Gasteiger partial charge in [0.1, 0.15) is 5.82 Å². The number of carbonyl (C=O) groups is 3. The van der Waals surface area contributed by atoms with Gasteiger partial charge in [0.25, 0.3) is 0 Å². The summed E-state index contributed by atoms with van der Waals surface area (Å²) >= 11 is 0. The predicted molar refractivity (Wildman–Crippen MR) is 172 cm³/mol. The van der Waals surface area contributed by atoms with Crippen molar-refractivity contribution < 1.29 is 53.4 Å². The molecule has 3 heterocycles. The second kappa shape index (κ2) is 18.8. The van der Waals surface area contributed by atoms with Crippen molar-refractivity contribution in [2.45, 2.75) is 63.2 Å². The number of carboxylic acids is 2. The molecule has 4 N–H and O–H groups in total. The van der Waals surface area contributed by atoms with Crippen LogP contribution in [0.4, 0.5) is 10.1 Å². The number of amides is 1. The first-order valence-electron chi connectivity index (χ1n) is 16.3. The number of morpholine rings is 1. The third-order valence-corrected chi connectivity index (χ3v) is 8.63. The largest absolute Gasteiger partial charge is 0.479 e. The zero-order chi connectivity index (χ0) is 34.5. The van der Waals surface area contributed by atoms with Gasteiger partial charge in [-0.15, -0.1) is 0 Å². The Hall–Kier alpha value is -3.66. The fourth-order valence-corrected chi connectivity index (χ4v) is 5.85. The lowest BCUT2D eigenvalue weighted by Crippen LogP contribution is -2.48. The van der Waals surface area contributed by atoms with Crippen LogP contribution in [0.15, 0.2) is 48.5 Å². The molecular formula is C34H46FN3O10. The molecule has 5 rings (SSSR count). The van der Waals surface area contributed by atoms with Crippen LogP contribution < -0.4 is 4.90 Å². The van der Waals surface area contributed by atoms with E-state index in [-0.39, 0.29) is 24.1 Å². The van der Waals surface area contributed by atoms with Crippen LogP contribution in [-0.4, -0.2) is 132 Å². The van der Waals surface area contributed by atoms with Crippen molar-refractivity contribution in [1.29, 1.82) is 0 Å². The monoisotopic (exact) mass is 675 g/mol. The number of nitrogens with zero attached hydrogens (tertiary/aromatic N) is 3. The molecule has 14 heteroatoms. The number of rotatable bonds is 12. The molecule has 2 aromatic carbocycles. The molecular weight excluding hydrogens is 629 g/mol. The Morgan fingerprint density at radius 2 is 1.38 bits per heavy atom. The number of benzene rings is 2. The predicted octanol–water partition coefficient (Wildman–Crippen LogP) is 1.73. The second-order valence-corrected chi connectivity index (χ2v) is 12.0. The highest BCUT2D eigenvalue weighted by Crippen LogP contribution is 2.23. The maximum Gasteiger partial charge on any atom is 0.335 e. The van der Waals surface area contributed by atoms with E-state index in [0.29, 0.717) is 13.0 Å². The number of halogens is 1. The zero-order valence-electron chi connectivity index (χ0n) is 27.0. The van der Waals surface area contributed by atoms with Gasteiger partial charge in [0.2, 0.25) is 5.91 Å². The lowest BCUT2D eigenvalue weighted by atomic mass is 10.00. The Morgan fingerprint density at radius 1 is 0.812 bits per heavy atom. The van der Waals surface area contributed by atoms with Gasteiger partial charge < -0.3 is 49.3 Å². The lowest BCUT2D eigenvalue weighted by Gasteiger charge is -2.39. The molecule has 2 atom stereocenters. The van der Waals surface area contributed by atoms with Crippen LogP contribution >= 0.6 is 0 Å². The van der Waals surface area contributed by atoms with Crippen LogP contribution in [0.25, 0.3) is 0 Å². The molecule has 1 amide bonds. The highest BCUT2D eigenvalue weighted by Gasteiger charge is 2.30. The summed E-state index contributed by atoms with van der Waals surface area (Å²) < 4.78 is 30.4. The van der Waals surface area contributed by atoms with E-state index in [1.165, 1.54) is 17.8 Å². The molecule has 0 aromatic heterocycles. The molecule has 0 saturated carbocycles. The molecule has 3 fully saturated rings. The summed E-state index contributed by atoms with van der Waals surface area (Å²) in [5.41, 5.74) is 3.14. The number of ether oxygens (including phenoxy) is 3. The standard InChI is InChI=1S/C30H40FN3O4.C4H6O6/c31-26-6-2-25(3-7-26)23-34(28-10-13-32(14-11-28)15-12-30-37-18-1-19-38-30)29(35)22-24-4-8-27(9-5-24)33-16-20-36-21-17-33;5-1(3(7)8)2(6)4(9)10/h2-9,28,30H,1,10-23H2;1-2,5-6H,(H,7,8)(H,9,10)/t;1-,2-/m.1/s1. The van der Waals surface area contributed by atoms with Gasteiger partial charge in [0.05, 0.1) is 32.8 Å². The Balaban J connectivity index is 0.000000453. The first-order valence-corrected chi connectivity index (χ1v) is 16.3. The van der Waals surface area contributed by atoms with Gasteiger partial charge in [0.15, 0.2) is 18.5 Å². The first kappa shape index (κ1) is 37.2. The minimum absolute atomic E-state index is 0.0901. The molecule has 0 radical (unpaired) electrons. The number of anilines is 1. The SMILES string of the molecule is O=C(Cc1ccc(N2CCOCC2)cc1)N(Cc1ccc(F)cc1)C1CCN(CCC2OCCCO2)CC1.O=C(O)[C@H](O)[C@@H](O)C(=O)O. The minimum atomic E-state index is -2.27. The molecule has 0 bridgehead atoms. The van der Waals surface area contributed by atoms with Crippen LogP contribution in [0.5, 0.6) is 0 Å². The van der Waals surface area contributed by atoms with Crippen molar-refractivity contribution in [3.8, 4) is 0 Å². The zero-order valence-corrected chi connectivity index (χ0v) is 27.0. The maximum atomic E-state index is 13.7. The van der Waals surface area contributed by atoms with Crippen molar-refractivity contribution in [2.75, 3.05) is 64.1 Å². The first-order chi connectivity index (χ1) is 23.1. The number of hydrogen-bond donors (Lipinski definition) is 4. The number of carboxylic acid groups (broad SMARTS) is 2. The van der Waals surface area contributed by atoms with Crippen molar-refractivity contribution in [1.82, 2.24) is 9.80 Å². The summed E-state index contributed by atoms with van der Waals surface area (Å²) in [4.78, 5) is 40.0. The summed E-state index contributed by atoms with van der Waals surface area (Å²) in [6.45, 7) is 8.17. The summed E-state index contributed by atoms with van der Waals surface area (Å²) in [6.07, 6.45) is -0.560. The van der Waals surface area contributed by atoms with Crippen molar-refractivity contribution >= 4 is 23.5 Å². The van der Waals surface area contributed by atoms with Crippen molar-refractivity contribution in [3.05, 3.63) is 65.5 Å². The van der Waals surface area contributed by atoms with Crippen LogP contribution in [0, 0.1) is 5.82 Å². The van der Waals surface area contributed by atoms with Gasteiger partial charge in [-0.1, -0.05) is 24.3 Å². The van der Waals surface area contributed by atoms with E-state index in [2.05, 4.69) is 34.1 Å². The summed E-state index contributed by atoms with van der Waals surface area (Å²) in [5, 5.41) is 32.5. The Labute approximate surface area is 279 Å². The van der Waals surface area contributed by atoms with E-state index in [4.69, 9.17) is 34.6 Å². The van der Waals surface area contributed by atoms with E-state index in [1.807, 2.05) is 4.90 Å². The van der Waals surface area contributed by atoms with Crippen LogP contribution in [0.2, 0.25) is 0 Å². The van der Waals surface area contributed by atoms with Gasteiger partial charge in [-0.25, -0.2) is 14.0 Å². The second-order valence-electron chi connectivity index (χ2n) is 12.0. The quantitative estimate of drug-likeness (QED) is 0.258. The summed E-state index contributed by atoms with van der Waals surface area (Å²) in [7, 11) is 0. The Bertz CT molecular complexity index is 1280. The van der Waals surface area contributed by atoms with Crippen LogP contribution in [0.3, 0.4) is 0 Å². The van der Waals surface area contributed by atoms with E-state index in [1.54, 1.807) is 12.1 Å². The number of aliphatic carboxylic acids is 2. The van der Waals surface area contributed by atoms with Crippen molar-refractivity contribution in [3.63, 3.8) is 0 Å². The van der Waals surface area contributed by atoms with Gasteiger partial charge in [-0.2, -0.15) is 0 Å². The number of piperidine rings is 1. The van der Waals surface area contributed by atoms with Gasteiger partial charge >= 0.3 is 11.9 Å². The molecule has 0 aliphatic carbocycles. The topological polar surface area (TPSA) is 170 Å².